The van der Waals surface area contributed by atoms with E-state index in [0.29, 0.717) is 22.4 Å². The van der Waals surface area contributed by atoms with E-state index in [1.165, 1.54) is 6.33 Å². The summed E-state index contributed by atoms with van der Waals surface area (Å²) in [5.41, 5.74) is 10.7. The number of halogens is 1. The van der Waals surface area contributed by atoms with Crippen LogP contribution in [0.1, 0.15) is 48.2 Å². The number of methoxy groups -OCH3 is 1. The van der Waals surface area contributed by atoms with Crippen molar-refractivity contribution in [1.82, 2.24) is 24.6 Å². The molecule has 3 heterocycles. The number of fused-ring (bicyclic) bond motifs is 1. The van der Waals surface area contributed by atoms with Crippen LogP contribution in [0.5, 0.6) is 5.75 Å². The molecular weight excluding hydrogens is 426 g/mol. The minimum atomic E-state index is -0.179. The van der Waals surface area contributed by atoms with Crippen molar-refractivity contribution in [3.63, 3.8) is 0 Å². The summed E-state index contributed by atoms with van der Waals surface area (Å²) < 4.78 is 7.82. The smallest absolute Gasteiger partial charge is 0.164 e. The first-order chi connectivity index (χ1) is 15.3. The van der Waals surface area contributed by atoms with Gasteiger partial charge in [-0.05, 0) is 39.3 Å². The first-order valence-corrected chi connectivity index (χ1v) is 11.1. The number of anilines is 1. The van der Waals surface area contributed by atoms with Gasteiger partial charge >= 0.3 is 0 Å². The molecule has 2 atom stereocenters. The molecule has 1 saturated heterocycles. The standard InChI is InChI=1S/C23H28ClN7O/c1-12(7-25)8-30-9-16(10-30)19-13(2)18(24)6-17(21(19)32-5)15(4)31-23-20(14(3)29-31)22(26)27-11-28-23/h6,11-12,15-16H,8-10H2,1-5H3,(H2,26,27,28). The van der Waals surface area contributed by atoms with Crippen molar-refractivity contribution in [3.8, 4) is 11.8 Å². The maximum Gasteiger partial charge on any atom is 0.164 e. The molecule has 0 aliphatic carbocycles. The van der Waals surface area contributed by atoms with Crippen LogP contribution in [-0.2, 0) is 0 Å². The van der Waals surface area contributed by atoms with E-state index >= 15 is 0 Å². The summed E-state index contributed by atoms with van der Waals surface area (Å²) >= 11 is 6.71. The monoisotopic (exact) mass is 453 g/mol. The van der Waals surface area contributed by atoms with Crippen molar-refractivity contribution >= 4 is 28.5 Å². The minimum Gasteiger partial charge on any atom is -0.496 e. The summed E-state index contributed by atoms with van der Waals surface area (Å²) in [6.07, 6.45) is 1.46. The van der Waals surface area contributed by atoms with Crippen LogP contribution in [0.4, 0.5) is 5.82 Å². The Morgan fingerprint density at radius 3 is 2.69 bits per heavy atom. The lowest BCUT2D eigenvalue weighted by Gasteiger charge is -2.41. The van der Waals surface area contributed by atoms with Gasteiger partial charge in [0.25, 0.3) is 0 Å². The molecule has 1 fully saturated rings. The maximum absolute atomic E-state index is 9.11. The van der Waals surface area contributed by atoms with Crippen molar-refractivity contribution in [2.24, 2.45) is 5.92 Å². The molecule has 0 spiro atoms. The third kappa shape index (κ3) is 3.65. The van der Waals surface area contributed by atoms with Gasteiger partial charge in [-0.25, -0.2) is 14.6 Å². The maximum atomic E-state index is 9.11. The van der Waals surface area contributed by atoms with Crippen LogP contribution >= 0.6 is 11.6 Å². The largest absolute Gasteiger partial charge is 0.496 e. The first kappa shape index (κ1) is 22.3. The molecule has 0 radical (unpaired) electrons. The molecule has 32 heavy (non-hydrogen) atoms. The summed E-state index contributed by atoms with van der Waals surface area (Å²) in [6, 6.07) is 4.09. The quantitative estimate of drug-likeness (QED) is 0.604. The number of nitrogens with two attached hydrogens (primary N) is 1. The second-order valence-electron chi connectivity index (χ2n) is 8.63. The second-order valence-corrected chi connectivity index (χ2v) is 9.04. The number of likely N-dealkylation sites (tertiary alicyclic amines) is 1. The normalized spacial score (nSPS) is 16.5. The first-order valence-electron chi connectivity index (χ1n) is 10.7. The third-order valence-electron chi connectivity index (χ3n) is 6.38. The second kappa shape index (κ2) is 8.57. The zero-order chi connectivity index (χ0) is 23.2. The molecule has 1 aliphatic rings. The molecule has 2 aromatic heterocycles. The Morgan fingerprint density at radius 2 is 2.03 bits per heavy atom. The Hall–Kier alpha value is -2.89. The Balaban J connectivity index is 1.75. The number of rotatable bonds is 6. The summed E-state index contributed by atoms with van der Waals surface area (Å²) in [6.45, 7) is 10.5. The van der Waals surface area contributed by atoms with Crippen molar-refractivity contribution in [2.45, 2.75) is 39.7 Å². The molecule has 1 aliphatic heterocycles. The van der Waals surface area contributed by atoms with Crippen LogP contribution in [0.3, 0.4) is 0 Å². The fourth-order valence-corrected chi connectivity index (χ4v) is 4.91. The Labute approximate surface area is 192 Å². The molecule has 8 nitrogen and oxygen atoms in total. The molecule has 4 rings (SSSR count). The Kier molecular flexibility index (Phi) is 5.97. The zero-order valence-electron chi connectivity index (χ0n) is 19.1. The van der Waals surface area contributed by atoms with Gasteiger partial charge in [-0.3, -0.25) is 0 Å². The molecule has 3 aromatic rings. The summed E-state index contributed by atoms with van der Waals surface area (Å²) in [5.74, 6) is 1.57. The van der Waals surface area contributed by atoms with Gasteiger partial charge in [0.15, 0.2) is 5.65 Å². The van der Waals surface area contributed by atoms with Crippen LogP contribution in [0, 0.1) is 31.1 Å². The SMILES string of the molecule is COc1c(C(C)n2nc(C)c3c(N)ncnc32)cc(Cl)c(C)c1C1CN(CC(C)C#N)C1. The van der Waals surface area contributed by atoms with Gasteiger partial charge < -0.3 is 15.4 Å². The predicted molar refractivity (Wildman–Crippen MR) is 125 cm³/mol. The van der Waals surface area contributed by atoms with Crippen molar-refractivity contribution in [1.29, 1.82) is 5.26 Å². The van der Waals surface area contributed by atoms with E-state index in [9.17, 15) is 0 Å². The van der Waals surface area contributed by atoms with E-state index in [2.05, 4.69) is 27.9 Å². The number of ether oxygens (including phenoxy) is 1. The van der Waals surface area contributed by atoms with E-state index in [0.717, 1.165) is 53.2 Å². The third-order valence-corrected chi connectivity index (χ3v) is 6.78. The number of nitriles is 1. The number of nitrogens with zero attached hydrogens (tertiary/aromatic N) is 6. The summed E-state index contributed by atoms with van der Waals surface area (Å²) in [5, 5.41) is 15.3. The Bertz CT molecular complexity index is 1210. The van der Waals surface area contributed by atoms with E-state index in [4.69, 9.17) is 32.4 Å². The summed E-state index contributed by atoms with van der Waals surface area (Å²) in [4.78, 5) is 10.8. The van der Waals surface area contributed by atoms with Crippen LogP contribution in [0.2, 0.25) is 5.02 Å². The number of aromatic nitrogens is 4. The van der Waals surface area contributed by atoms with Gasteiger partial charge in [-0.2, -0.15) is 10.4 Å². The highest BCUT2D eigenvalue weighted by molar-refractivity contribution is 6.31. The van der Waals surface area contributed by atoms with E-state index in [1.807, 2.05) is 31.5 Å². The highest BCUT2D eigenvalue weighted by Crippen LogP contribution is 2.44. The number of benzene rings is 1. The molecule has 2 unspecified atom stereocenters. The zero-order valence-corrected chi connectivity index (χ0v) is 19.8. The number of hydrogen-bond donors (Lipinski definition) is 1. The van der Waals surface area contributed by atoms with Gasteiger partial charge in [-0.1, -0.05) is 11.6 Å². The fourth-order valence-electron chi connectivity index (χ4n) is 4.70. The van der Waals surface area contributed by atoms with Gasteiger partial charge in [-0.15, -0.1) is 0 Å². The number of nitrogen functional groups attached to an aromatic ring is 1. The molecule has 0 saturated carbocycles. The molecule has 0 amide bonds. The van der Waals surface area contributed by atoms with Crippen molar-refractivity contribution in [2.75, 3.05) is 32.5 Å². The Morgan fingerprint density at radius 1 is 1.31 bits per heavy atom. The van der Waals surface area contributed by atoms with Crippen LogP contribution in [0.15, 0.2) is 12.4 Å². The molecule has 168 valence electrons. The van der Waals surface area contributed by atoms with E-state index in [1.54, 1.807) is 7.11 Å². The average molecular weight is 454 g/mol. The highest BCUT2D eigenvalue weighted by atomic mass is 35.5. The lowest BCUT2D eigenvalue weighted by atomic mass is 9.84. The van der Waals surface area contributed by atoms with Crippen molar-refractivity contribution in [3.05, 3.63) is 39.8 Å². The predicted octanol–water partition coefficient (Wildman–Crippen LogP) is 3.86. The number of hydrogen-bond acceptors (Lipinski definition) is 7. The highest BCUT2D eigenvalue weighted by Gasteiger charge is 2.34. The fraction of sp³-hybridized carbons (Fsp3) is 0.478. The van der Waals surface area contributed by atoms with Crippen molar-refractivity contribution < 1.29 is 4.74 Å². The van der Waals surface area contributed by atoms with Gasteiger partial charge in [0.1, 0.15) is 17.9 Å². The lowest BCUT2D eigenvalue weighted by molar-refractivity contribution is 0.135. The van der Waals surface area contributed by atoms with Gasteiger partial charge in [0.05, 0.1) is 36.2 Å². The van der Waals surface area contributed by atoms with E-state index in [-0.39, 0.29) is 12.0 Å². The molecule has 9 heteroatoms. The number of aryl methyl sites for hydroxylation is 1. The van der Waals surface area contributed by atoms with E-state index < -0.39 is 0 Å². The molecule has 0 bridgehead atoms. The summed E-state index contributed by atoms with van der Waals surface area (Å²) in [7, 11) is 1.70. The van der Waals surface area contributed by atoms with Gasteiger partial charge in [0, 0.05) is 41.7 Å². The lowest BCUT2D eigenvalue weighted by Crippen LogP contribution is -2.47. The van der Waals surface area contributed by atoms with Crippen LogP contribution in [-0.4, -0.2) is 51.4 Å². The minimum absolute atomic E-state index is 0.0136. The molecule has 1 aromatic carbocycles. The van der Waals surface area contributed by atoms with Gasteiger partial charge in [0.2, 0.25) is 0 Å². The molecular formula is C23H28ClN7O. The average Bonchev–Trinajstić information content (AvgIpc) is 3.09. The molecule has 2 N–H and O–H groups in total. The topological polar surface area (TPSA) is 106 Å². The van der Waals surface area contributed by atoms with Crippen LogP contribution < -0.4 is 10.5 Å². The van der Waals surface area contributed by atoms with Crippen LogP contribution in [0.25, 0.3) is 11.0 Å².